The largest absolute Gasteiger partial charge is 0.480 e. The summed E-state index contributed by atoms with van der Waals surface area (Å²) in [4.78, 5) is 14.8. The van der Waals surface area contributed by atoms with Gasteiger partial charge < -0.3 is 5.11 Å². The Balaban J connectivity index is 2.40. The van der Waals surface area contributed by atoms with Crippen molar-refractivity contribution in [2.45, 2.75) is 10.9 Å². The zero-order valence-electron chi connectivity index (χ0n) is 8.98. The first-order chi connectivity index (χ1) is 8.43. The molecule has 0 aromatic carbocycles. The number of aromatic nitrogens is 1. The molecule has 9 heteroatoms. The van der Waals surface area contributed by atoms with E-state index in [1.807, 2.05) is 0 Å². The lowest BCUT2D eigenvalue weighted by Crippen LogP contribution is -2.41. The Kier molecular flexibility index (Phi) is 3.95. The fourth-order valence-electron chi connectivity index (χ4n) is 1.53. The van der Waals surface area contributed by atoms with Crippen LogP contribution in [-0.4, -0.2) is 46.5 Å². The minimum Gasteiger partial charge on any atom is -0.480 e. The van der Waals surface area contributed by atoms with E-state index in [0.29, 0.717) is 4.47 Å². The Bertz CT molecular complexity index is 578. The van der Waals surface area contributed by atoms with E-state index in [1.54, 1.807) is 0 Å². The van der Waals surface area contributed by atoms with Crippen molar-refractivity contribution in [3.8, 4) is 0 Å². The molecule has 0 spiro atoms. The van der Waals surface area contributed by atoms with Gasteiger partial charge in [0, 0.05) is 22.6 Å². The fourth-order valence-corrected chi connectivity index (χ4v) is 5.17. The molecule has 1 aliphatic rings. The van der Waals surface area contributed by atoms with Crippen molar-refractivity contribution < 1.29 is 18.3 Å². The minimum atomic E-state index is -3.82. The van der Waals surface area contributed by atoms with Crippen molar-refractivity contribution in [2.75, 3.05) is 11.6 Å². The van der Waals surface area contributed by atoms with Crippen LogP contribution in [0.3, 0.4) is 0 Å². The second kappa shape index (κ2) is 5.16. The third kappa shape index (κ3) is 2.53. The van der Waals surface area contributed by atoms with E-state index < -0.39 is 22.0 Å². The van der Waals surface area contributed by atoms with Gasteiger partial charge in [-0.05, 0) is 22.0 Å². The van der Waals surface area contributed by atoms with Crippen LogP contribution in [0.25, 0.3) is 0 Å². The van der Waals surface area contributed by atoms with Crippen LogP contribution in [0.5, 0.6) is 0 Å². The molecule has 18 heavy (non-hydrogen) atoms. The Morgan fingerprint density at radius 2 is 2.28 bits per heavy atom. The van der Waals surface area contributed by atoms with Gasteiger partial charge in [0.2, 0.25) is 10.0 Å². The molecule has 0 aliphatic carbocycles. The molecule has 0 amide bonds. The second-order valence-electron chi connectivity index (χ2n) is 3.58. The Morgan fingerprint density at radius 3 is 2.89 bits per heavy atom. The number of pyridine rings is 1. The van der Waals surface area contributed by atoms with Gasteiger partial charge in [-0.25, -0.2) is 8.42 Å². The summed E-state index contributed by atoms with van der Waals surface area (Å²) in [6, 6.07) is 0.392. The highest BCUT2D eigenvalue weighted by Crippen LogP contribution is 2.28. The van der Waals surface area contributed by atoms with Crippen molar-refractivity contribution in [1.29, 1.82) is 0 Å². The maximum atomic E-state index is 12.3. The fraction of sp³-hybridized carbons (Fsp3) is 0.333. The monoisotopic (exact) mass is 352 g/mol. The summed E-state index contributed by atoms with van der Waals surface area (Å²) in [6.45, 7) is 0. The highest BCUT2D eigenvalue weighted by atomic mass is 79.9. The molecular weight excluding hydrogens is 344 g/mol. The number of hydrogen-bond acceptors (Lipinski definition) is 5. The molecule has 1 N–H and O–H groups in total. The molecule has 0 saturated carbocycles. The van der Waals surface area contributed by atoms with Gasteiger partial charge >= 0.3 is 5.97 Å². The first kappa shape index (κ1) is 13.8. The molecule has 1 aromatic rings. The van der Waals surface area contributed by atoms with Gasteiger partial charge in [0.05, 0.1) is 5.88 Å². The first-order valence-corrected chi connectivity index (χ1v) is 8.24. The number of aliphatic carboxylic acids is 1. The molecule has 1 atom stereocenters. The standard InChI is InChI=1S/C9H9BrN2O4S2/c10-6-1-7(3-11-2-6)18(15,16)12-5-17-4-8(12)9(13)14/h1-3,8H,4-5H2,(H,13,14). The number of carboxylic acid groups (broad SMARTS) is 1. The van der Waals surface area contributed by atoms with Gasteiger partial charge in [-0.3, -0.25) is 9.78 Å². The maximum absolute atomic E-state index is 12.3. The van der Waals surface area contributed by atoms with Crippen LogP contribution in [-0.2, 0) is 14.8 Å². The van der Waals surface area contributed by atoms with Crippen LogP contribution in [0.2, 0.25) is 0 Å². The predicted octanol–water partition coefficient (Wildman–Crippen LogP) is 0.992. The van der Waals surface area contributed by atoms with Gasteiger partial charge in [-0.1, -0.05) is 0 Å². The zero-order valence-corrected chi connectivity index (χ0v) is 12.2. The first-order valence-electron chi connectivity index (χ1n) is 4.86. The van der Waals surface area contributed by atoms with E-state index in [9.17, 15) is 13.2 Å². The number of rotatable bonds is 3. The summed E-state index contributed by atoms with van der Waals surface area (Å²) in [5.74, 6) is -0.728. The average molecular weight is 353 g/mol. The zero-order chi connectivity index (χ0) is 13.3. The van der Waals surface area contributed by atoms with Crippen molar-refractivity contribution in [2.24, 2.45) is 0 Å². The quantitative estimate of drug-likeness (QED) is 0.872. The van der Waals surface area contributed by atoms with E-state index in [-0.39, 0.29) is 16.5 Å². The number of thioether (sulfide) groups is 1. The second-order valence-corrected chi connectivity index (χ2v) is 7.39. The molecule has 6 nitrogen and oxygen atoms in total. The number of nitrogens with zero attached hydrogens (tertiary/aromatic N) is 2. The molecule has 1 unspecified atom stereocenters. The van der Waals surface area contributed by atoms with Gasteiger partial charge in [0.25, 0.3) is 0 Å². The summed E-state index contributed by atoms with van der Waals surface area (Å²) in [7, 11) is -3.82. The maximum Gasteiger partial charge on any atom is 0.322 e. The lowest BCUT2D eigenvalue weighted by Gasteiger charge is -2.19. The molecule has 1 aliphatic heterocycles. The molecule has 2 rings (SSSR count). The number of sulfonamides is 1. The summed E-state index contributed by atoms with van der Waals surface area (Å²) >= 11 is 4.42. The van der Waals surface area contributed by atoms with Gasteiger partial charge in [-0.2, -0.15) is 4.31 Å². The van der Waals surface area contributed by atoms with Crippen molar-refractivity contribution in [3.63, 3.8) is 0 Å². The smallest absolute Gasteiger partial charge is 0.322 e. The van der Waals surface area contributed by atoms with Crippen LogP contribution >= 0.6 is 27.7 Å². The SMILES string of the molecule is O=C(O)C1CSCN1S(=O)(=O)c1cncc(Br)c1. The summed E-state index contributed by atoms with van der Waals surface area (Å²) in [5.41, 5.74) is 0. The Morgan fingerprint density at radius 1 is 1.56 bits per heavy atom. The van der Waals surface area contributed by atoms with Gasteiger partial charge in [-0.15, -0.1) is 11.8 Å². The van der Waals surface area contributed by atoms with Crippen LogP contribution in [0, 0.1) is 0 Å². The van der Waals surface area contributed by atoms with Crippen molar-refractivity contribution in [1.82, 2.24) is 9.29 Å². The Labute approximate surface area is 117 Å². The number of halogens is 1. The van der Waals surface area contributed by atoms with E-state index in [1.165, 1.54) is 30.2 Å². The van der Waals surface area contributed by atoms with Crippen molar-refractivity contribution >= 4 is 43.7 Å². The van der Waals surface area contributed by atoms with Gasteiger partial charge in [0.15, 0.2) is 0 Å². The minimum absolute atomic E-state index is 0.00868. The molecular formula is C9H9BrN2O4S2. The van der Waals surface area contributed by atoms with E-state index in [4.69, 9.17) is 5.11 Å². The van der Waals surface area contributed by atoms with Crippen LogP contribution in [0.4, 0.5) is 0 Å². The summed E-state index contributed by atoms with van der Waals surface area (Å²) < 4.78 is 26.1. The van der Waals surface area contributed by atoms with Crippen LogP contribution in [0.1, 0.15) is 0 Å². The van der Waals surface area contributed by atoms with E-state index >= 15 is 0 Å². The summed E-state index contributed by atoms with van der Waals surface area (Å²) in [5, 5.41) is 9.00. The van der Waals surface area contributed by atoms with E-state index in [2.05, 4.69) is 20.9 Å². The number of carbonyl (C=O) groups is 1. The molecule has 98 valence electrons. The number of hydrogen-bond donors (Lipinski definition) is 1. The van der Waals surface area contributed by atoms with Gasteiger partial charge in [0.1, 0.15) is 10.9 Å². The van der Waals surface area contributed by atoms with Crippen molar-refractivity contribution in [3.05, 3.63) is 22.9 Å². The lowest BCUT2D eigenvalue weighted by atomic mass is 10.4. The average Bonchev–Trinajstić information content (AvgIpc) is 2.78. The molecule has 1 fully saturated rings. The van der Waals surface area contributed by atoms with Crippen LogP contribution in [0.15, 0.2) is 27.8 Å². The molecule has 0 radical (unpaired) electrons. The third-order valence-electron chi connectivity index (χ3n) is 2.41. The third-order valence-corrected chi connectivity index (χ3v) is 5.84. The highest BCUT2D eigenvalue weighted by Gasteiger charge is 2.40. The molecule has 1 saturated heterocycles. The molecule has 1 aromatic heterocycles. The Hall–Kier alpha value is -0.640. The topological polar surface area (TPSA) is 87.6 Å². The summed E-state index contributed by atoms with van der Waals surface area (Å²) in [6.07, 6.45) is 2.68. The van der Waals surface area contributed by atoms with E-state index in [0.717, 1.165) is 4.31 Å². The predicted molar refractivity (Wildman–Crippen MR) is 69.7 cm³/mol. The molecule has 2 heterocycles. The van der Waals surface area contributed by atoms with Crippen LogP contribution < -0.4 is 0 Å². The normalized spacial score (nSPS) is 21.1. The lowest BCUT2D eigenvalue weighted by molar-refractivity contribution is -0.140. The number of carboxylic acids is 1. The molecule has 0 bridgehead atoms. The highest BCUT2D eigenvalue weighted by molar-refractivity contribution is 9.10.